The zero-order chi connectivity index (χ0) is 20.9. The summed E-state index contributed by atoms with van der Waals surface area (Å²) in [7, 11) is 0. The van der Waals surface area contributed by atoms with Gasteiger partial charge in [0.25, 0.3) is 0 Å². The summed E-state index contributed by atoms with van der Waals surface area (Å²) in [5.74, 6) is 2.25. The van der Waals surface area contributed by atoms with Crippen molar-refractivity contribution >= 4 is 11.6 Å². The maximum atomic E-state index is 6.80. The van der Waals surface area contributed by atoms with Gasteiger partial charge in [-0.15, -0.1) is 0 Å². The van der Waals surface area contributed by atoms with E-state index in [2.05, 4.69) is 86.6 Å². The van der Waals surface area contributed by atoms with Gasteiger partial charge in [-0.1, -0.05) is 124 Å². The van der Waals surface area contributed by atoms with Crippen LogP contribution in [0.2, 0.25) is 5.02 Å². The van der Waals surface area contributed by atoms with Crippen LogP contribution in [0.25, 0.3) is 22.3 Å². The first-order valence-corrected chi connectivity index (χ1v) is 12.0. The number of hydrogen-bond donors (Lipinski definition) is 0. The van der Waals surface area contributed by atoms with Crippen molar-refractivity contribution in [3.8, 4) is 22.3 Å². The molecule has 3 aromatic carbocycles. The molecule has 156 valence electrons. The smallest absolute Gasteiger partial charge is 0.0487 e. The lowest BCUT2D eigenvalue weighted by Crippen LogP contribution is -2.24. The van der Waals surface area contributed by atoms with Gasteiger partial charge < -0.3 is 0 Å². The lowest BCUT2D eigenvalue weighted by molar-refractivity contribution is 0.195. The van der Waals surface area contributed by atoms with E-state index in [-0.39, 0.29) is 0 Å². The highest BCUT2D eigenvalue weighted by Gasteiger charge is 2.29. The van der Waals surface area contributed by atoms with E-state index >= 15 is 0 Å². The molecule has 1 aliphatic rings. The van der Waals surface area contributed by atoms with Crippen LogP contribution in [0, 0.1) is 11.8 Å². The maximum Gasteiger partial charge on any atom is 0.0487 e. The van der Waals surface area contributed by atoms with E-state index in [0.717, 1.165) is 22.4 Å². The largest absolute Gasteiger partial charge is 0.0837 e. The fourth-order valence-corrected chi connectivity index (χ4v) is 5.69. The van der Waals surface area contributed by atoms with E-state index in [0.29, 0.717) is 5.92 Å². The van der Waals surface area contributed by atoms with Gasteiger partial charge in [-0.05, 0) is 52.5 Å². The van der Waals surface area contributed by atoms with E-state index in [4.69, 9.17) is 11.6 Å². The Bertz CT molecular complexity index is 940. The summed E-state index contributed by atoms with van der Waals surface area (Å²) in [5.41, 5.74) is 6.19. The second-order valence-electron chi connectivity index (χ2n) is 8.97. The molecule has 0 nitrogen and oxygen atoms in total. The molecule has 1 heteroatoms. The van der Waals surface area contributed by atoms with Crippen molar-refractivity contribution in [2.24, 2.45) is 11.8 Å². The number of halogens is 1. The highest BCUT2D eigenvalue weighted by atomic mass is 35.5. The Hall–Kier alpha value is -2.05. The fraction of sp³-hybridized carbons (Fsp3) is 0.379. The van der Waals surface area contributed by atoms with Crippen LogP contribution in [0.5, 0.6) is 0 Å². The van der Waals surface area contributed by atoms with E-state index in [1.807, 2.05) is 0 Å². The van der Waals surface area contributed by atoms with Crippen molar-refractivity contribution in [3.05, 3.63) is 83.4 Å². The minimum absolute atomic E-state index is 0.578. The van der Waals surface area contributed by atoms with E-state index in [1.165, 1.54) is 60.8 Å². The molecule has 0 N–H and O–H groups in total. The molecule has 0 bridgehead atoms. The topological polar surface area (TPSA) is 0 Å². The van der Waals surface area contributed by atoms with Crippen molar-refractivity contribution < 1.29 is 0 Å². The first-order valence-electron chi connectivity index (χ1n) is 11.6. The Morgan fingerprint density at radius 1 is 0.833 bits per heavy atom. The minimum atomic E-state index is 0.578. The zero-order valence-electron chi connectivity index (χ0n) is 18.3. The Kier molecular flexibility index (Phi) is 6.95. The van der Waals surface area contributed by atoms with Gasteiger partial charge in [-0.2, -0.15) is 0 Å². The van der Waals surface area contributed by atoms with Gasteiger partial charge in [-0.3, -0.25) is 0 Å². The number of benzene rings is 3. The van der Waals surface area contributed by atoms with Gasteiger partial charge in [0.15, 0.2) is 0 Å². The van der Waals surface area contributed by atoms with Crippen molar-refractivity contribution in [1.29, 1.82) is 0 Å². The molecule has 1 fully saturated rings. The average Bonchev–Trinajstić information content (AvgIpc) is 2.80. The first kappa shape index (κ1) is 21.2. The summed E-state index contributed by atoms with van der Waals surface area (Å²) in [4.78, 5) is 0. The Morgan fingerprint density at radius 2 is 1.50 bits per heavy atom. The number of rotatable bonds is 6. The van der Waals surface area contributed by atoms with Crippen molar-refractivity contribution in [1.82, 2.24) is 0 Å². The van der Waals surface area contributed by atoms with Crippen molar-refractivity contribution in [2.45, 2.75) is 58.3 Å². The summed E-state index contributed by atoms with van der Waals surface area (Å²) >= 11 is 6.80. The Balaban J connectivity index is 1.54. The van der Waals surface area contributed by atoms with Gasteiger partial charge >= 0.3 is 0 Å². The molecule has 4 rings (SSSR count). The third kappa shape index (κ3) is 4.65. The molecule has 0 saturated heterocycles. The Labute approximate surface area is 187 Å². The van der Waals surface area contributed by atoms with Crippen LogP contribution < -0.4 is 0 Å². The molecule has 0 radical (unpaired) electrons. The van der Waals surface area contributed by atoms with Crippen LogP contribution in [0.15, 0.2) is 72.8 Å². The van der Waals surface area contributed by atoms with E-state index < -0.39 is 0 Å². The van der Waals surface area contributed by atoms with Gasteiger partial charge in [0.1, 0.15) is 0 Å². The molecular weight excluding hydrogens is 384 g/mol. The van der Waals surface area contributed by atoms with Crippen molar-refractivity contribution in [3.63, 3.8) is 0 Å². The summed E-state index contributed by atoms with van der Waals surface area (Å²) in [5, 5.41) is 0.870. The molecule has 3 atom stereocenters. The van der Waals surface area contributed by atoms with Gasteiger partial charge in [-0.25, -0.2) is 0 Å². The SMILES string of the molecule is CCCC1CCCCC1C(C)c1ccc(-c2ccc(-c3ccccc3)cc2)c(Cl)c1. The van der Waals surface area contributed by atoms with Gasteiger partial charge in [0.05, 0.1) is 0 Å². The first-order chi connectivity index (χ1) is 14.7. The summed E-state index contributed by atoms with van der Waals surface area (Å²) in [6.45, 7) is 4.74. The van der Waals surface area contributed by atoms with Gasteiger partial charge in [0, 0.05) is 10.6 Å². The molecule has 3 aromatic rings. The molecule has 1 saturated carbocycles. The standard InChI is InChI=1S/C29H33Cl/c1-3-9-24-12-7-8-13-27(24)21(2)26-18-19-28(29(30)20-26)25-16-14-23(15-17-25)22-10-5-4-6-11-22/h4-6,10-11,14-21,24,27H,3,7-9,12-13H2,1-2H3. The molecule has 0 aromatic heterocycles. The van der Waals surface area contributed by atoms with Crippen LogP contribution in [-0.4, -0.2) is 0 Å². The average molecular weight is 417 g/mol. The monoisotopic (exact) mass is 416 g/mol. The zero-order valence-corrected chi connectivity index (χ0v) is 19.0. The molecule has 0 amide bonds. The lowest BCUT2D eigenvalue weighted by Gasteiger charge is -2.36. The van der Waals surface area contributed by atoms with E-state index in [1.54, 1.807) is 0 Å². The fourth-order valence-electron chi connectivity index (χ4n) is 5.39. The second-order valence-corrected chi connectivity index (χ2v) is 9.38. The van der Waals surface area contributed by atoms with Crippen LogP contribution in [-0.2, 0) is 0 Å². The van der Waals surface area contributed by atoms with Crippen molar-refractivity contribution in [2.75, 3.05) is 0 Å². The van der Waals surface area contributed by atoms with Crippen LogP contribution in [0.3, 0.4) is 0 Å². The van der Waals surface area contributed by atoms with E-state index in [9.17, 15) is 0 Å². The van der Waals surface area contributed by atoms with Crippen LogP contribution >= 0.6 is 11.6 Å². The number of hydrogen-bond acceptors (Lipinski definition) is 0. The molecule has 0 heterocycles. The predicted octanol–water partition coefficient (Wildman–Crippen LogP) is 9.38. The van der Waals surface area contributed by atoms with Crippen LogP contribution in [0.1, 0.15) is 63.9 Å². The van der Waals surface area contributed by atoms with Gasteiger partial charge in [0.2, 0.25) is 0 Å². The maximum absolute atomic E-state index is 6.80. The molecule has 1 aliphatic carbocycles. The second kappa shape index (κ2) is 9.84. The third-order valence-corrected chi connectivity index (χ3v) is 7.40. The molecular formula is C29H33Cl. The molecule has 3 unspecified atom stereocenters. The lowest BCUT2D eigenvalue weighted by atomic mass is 9.69. The summed E-state index contributed by atoms with van der Waals surface area (Å²) in [6, 6.07) is 26.0. The Morgan fingerprint density at radius 3 is 2.20 bits per heavy atom. The third-order valence-electron chi connectivity index (χ3n) is 7.09. The quantitative estimate of drug-likeness (QED) is 0.375. The molecule has 0 spiro atoms. The predicted molar refractivity (Wildman–Crippen MR) is 131 cm³/mol. The highest BCUT2D eigenvalue weighted by Crippen LogP contribution is 2.43. The summed E-state index contributed by atoms with van der Waals surface area (Å²) in [6.07, 6.45) is 8.23. The highest BCUT2D eigenvalue weighted by molar-refractivity contribution is 6.33. The molecule has 0 aliphatic heterocycles. The normalized spacial score (nSPS) is 20.1. The van der Waals surface area contributed by atoms with Crippen LogP contribution in [0.4, 0.5) is 0 Å². The summed E-state index contributed by atoms with van der Waals surface area (Å²) < 4.78 is 0. The molecule has 30 heavy (non-hydrogen) atoms. The minimum Gasteiger partial charge on any atom is -0.0837 e.